The van der Waals surface area contributed by atoms with Crippen molar-refractivity contribution < 1.29 is 106 Å². The lowest BCUT2D eigenvalue weighted by Crippen LogP contribution is -2.62. The van der Waals surface area contributed by atoms with Crippen LogP contribution in [0.2, 0.25) is 0 Å². The fourth-order valence-corrected chi connectivity index (χ4v) is 18.1. The Hall–Kier alpha value is -12.9. The molecule has 730 valence electrons. The average Bonchev–Trinajstić information content (AvgIpc) is 1.64. The molecule has 15 amide bonds. The van der Waals surface area contributed by atoms with E-state index in [1.807, 2.05) is 13.8 Å². The third kappa shape index (κ3) is 28.1. The molecular weight excluding hydrogens is 1740 g/mol. The maximum Gasteiger partial charge on any atom is 0.323 e. The number of aromatic nitrogens is 2. The molecule has 0 radical (unpaired) electrons. The summed E-state index contributed by atoms with van der Waals surface area (Å²) < 4.78 is 6.80. The van der Waals surface area contributed by atoms with E-state index >= 15 is 38.4 Å². The number of aromatic amines is 1. The number of nitrogens with zero attached hydrogens (tertiary/aromatic N) is 6. The molecule has 134 heavy (non-hydrogen) atoms. The first-order valence-electron chi connectivity index (χ1n) is 46.1. The lowest BCUT2D eigenvalue weighted by molar-refractivity contribution is -0.149. The second-order valence-electron chi connectivity index (χ2n) is 35.6. The first-order chi connectivity index (χ1) is 63.9. The number of rotatable bonds is 26. The number of Topliss-reactive ketones (excluding diaryl/α,β-unsaturated/α-hetero) is 1. The predicted molar refractivity (Wildman–Crippen MR) is 489 cm³/mol. The van der Waals surface area contributed by atoms with Gasteiger partial charge in [0.1, 0.15) is 84.8 Å². The largest absolute Gasteiger partial charge is 0.497 e. The Labute approximate surface area is 776 Å². The second-order valence-corrected chi connectivity index (χ2v) is 35.6. The molecule has 4 aliphatic heterocycles. The zero-order valence-electron chi connectivity index (χ0n) is 77.1. The van der Waals surface area contributed by atoms with Gasteiger partial charge in [0.2, 0.25) is 88.6 Å². The highest BCUT2D eigenvalue weighted by atomic mass is 16.5. The van der Waals surface area contributed by atoms with E-state index in [1.165, 1.54) is 36.9 Å². The number of carboxylic acid groups (broad SMARTS) is 2. The highest BCUT2D eigenvalue weighted by molar-refractivity contribution is 6.02. The minimum absolute atomic E-state index is 0.00564. The molecule has 0 saturated carbocycles. The van der Waals surface area contributed by atoms with Gasteiger partial charge in [0.25, 0.3) is 0 Å². The number of ketones is 1. The molecule has 5 aromatic rings. The Morgan fingerprint density at radius 2 is 1.10 bits per heavy atom. The molecule has 0 aliphatic carbocycles. The number of likely N-dealkylation sites (N-methyl/N-ethyl adjacent to an activating group) is 2. The normalized spacial score (nSPS) is 25.5. The van der Waals surface area contributed by atoms with Gasteiger partial charge in [-0.2, -0.15) is 0 Å². The van der Waals surface area contributed by atoms with Crippen LogP contribution in [0.4, 0.5) is 0 Å². The minimum atomic E-state index is -1.73. The van der Waals surface area contributed by atoms with Crippen LogP contribution in [0.1, 0.15) is 179 Å². The van der Waals surface area contributed by atoms with Gasteiger partial charge in [-0.25, -0.2) is 0 Å². The number of ether oxygens (including phenoxy) is 1. The molecule has 4 saturated heterocycles. The highest BCUT2D eigenvalue weighted by Gasteiger charge is 2.47. The van der Waals surface area contributed by atoms with Crippen molar-refractivity contribution in [2.24, 2.45) is 34.8 Å². The number of aliphatic hydroxyl groups excluding tert-OH is 1. The van der Waals surface area contributed by atoms with Gasteiger partial charge in [0, 0.05) is 119 Å². The van der Waals surface area contributed by atoms with Crippen LogP contribution >= 0.6 is 0 Å². The smallest absolute Gasteiger partial charge is 0.323 e. The topological polar surface area (TPSA) is 614 Å². The van der Waals surface area contributed by atoms with Crippen LogP contribution in [-0.2, 0) is 112 Å². The third-order valence-electron chi connectivity index (χ3n) is 25.3. The van der Waals surface area contributed by atoms with Crippen molar-refractivity contribution in [3.8, 4) is 5.75 Å². The number of fused-ring (bicyclic) bond motifs is 5. The molecule has 41 nitrogen and oxygen atoms in total. The summed E-state index contributed by atoms with van der Waals surface area (Å²) in [6, 6.07) is 0.610. The van der Waals surface area contributed by atoms with Crippen molar-refractivity contribution in [1.29, 1.82) is 0 Å². The first kappa shape index (κ1) is 105. The summed E-state index contributed by atoms with van der Waals surface area (Å²) in [6.45, 7) is 5.23. The number of carbonyl (C=O) groups is 18. The summed E-state index contributed by atoms with van der Waals surface area (Å²) in [7, 11) is 4.07. The van der Waals surface area contributed by atoms with Gasteiger partial charge in [-0.05, 0) is 137 Å². The van der Waals surface area contributed by atoms with E-state index in [9.17, 15) is 63.3 Å². The maximum absolute atomic E-state index is 15.9. The van der Waals surface area contributed by atoms with Gasteiger partial charge >= 0.3 is 11.9 Å². The fourth-order valence-electron chi connectivity index (χ4n) is 18.1. The number of amides is 15. The van der Waals surface area contributed by atoms with Gasteiger partial charge in [-0.15, -0.1) is 0 Å². The number of para-hydroxylation sites is 2. The summed E-state index contributed by atoms with van der Waals surface area (Å²) in [5.74, 6) is -18.3. The number of carboxylic acids is 2. The number of aliphatic carboxylic acids is 2. The van der Waals surface area contributed by atoms with Crippen LogP contribution in [-0.4, -0.2) is 294 Å². The highest BCUT2D eigenvalue weighted by Crippen LogP contribution is 2.31. The number of benzene rings is 3. The quantitative estimate of drug-likeness (QED) is 0.0342. The number of aliphatic hydroxyl groups is 1. The molecule has 0 spiro atoms. The molecule has 0 bridgehead atoms. The van der Waals surface area contributed by atoms with Gasteiger partial charge in [-0.3, -0.25) is 86.3 Å². The second kappa shape index (κ2) is 49.7. The number of hydrogen-bond acceptors (Lipinski definition) is 22. The summed E-state index contributed by atoms with van der Waals surface area (Å²) in [6.07, 6.45) is -0.819. The molecule has 41 heteroatoms. The molecule has 2 aromatic heterocycles. The number of piperidine rings is 1. The summed E-state index contributed by atoms with van der Waals surface area (Å²) in [5.41, 5.74) is 26.7. The van der Waals surface area contributed by atoms with E-state index in [1.54, 1.807) is 92.8 Å². The van der Waals surface area contributed by atoms with Crippen LogP contribution in [0.5, 0.6) is 5.75 Å². The lowest BCUT2D eigenvalue weighted by Gasteiger charge is -2.38. The number of primary amides is 2. The molecule has 3 aromatic carbocycles. The molecule has 20 N–H and O–H groups in total. The number of methoxy groups -OCH3 is 1. The van der Waals surface area contributed by atoms with Crippen LogP contribution < -0.4 is 70.2 Å². The SMILES string of the molecule is CCCC[C@H]1C(=O)N(C)[C@@H](CCCC)C(=O)N[C@@H](CCC(=O)O)C(=O)N[C@H](C(N)=O)CCCC(=O)N[C@@H](Cc2ccc(OC)cc2)C(=O)N2CCCC[C@H]2C(=O)N[C@@H](CC(N)=O)C(=O)N2CCC[C@H]2C(=O)N[C@@H](CN)C(=O)N[C@@H](CC(C)C)C(=O)N2C[C@H](O)C[C@H]2C(=O)C[C@@H](Cc2c[nH]c3ccccc23)C(=O)N[C@@H](CCN)C(=O)N[C@@H](Cc2cn(CC(=O)O)c3ccccc23)C(=O)N1C. The fraction of sp³-hybridized carbons (Fsp3) is 0.570. The Morgan fingerprint density at radius 3 is 1.73 bits per heavy atom. The van der Waals surface area contributed by atoms with Crippen molar-refractivity contribution in [2.75, 3.05) is 53.9 Å². The lowest BCUT2D eigenvalue weighted by atomic mass is 9.90. The summed E-state index contributed by atoms with van der Waals surface area (Å²) in [5, 5.41) is 54.1. The minimum Gasteiger partial charge on any atom is -0.497 e. The van der Waals surface area contributed by atoms with E-state index < -0.39 is 249 Å². The van der Waals surface area contributed by atoms with Crippen molar-refractivity contribution in [2.45, 2.75) is 273 Å². The van der Waals surface area contributed by atoms with Crippen LogP contribution in [0.15, 0.2) is 85.2 Å². The molecular formula is C93H131N19O22. The Balaban J connectivity index is 1.10. The number of nitrogens with one attached hydrogen (secondary N) is 9. The Morgan fingerprint density at radius 1 is 0.530 bits per heavy atom. The summed E-state index contributed by atoms with van der Waals surface area (Å²) in [4.78, 5) is 271. The van der Waals surface area contributed by atoms with E-state index in [-0.39, 0.29) is 115 Å². The van der Waals surface area contributed by atoms with Gasteiger partial charge in [-0.1, -0.05) is 102 Å². The van der Waals surface area contributed by atoms with Crippen LogP contribution in [0, 0.1) is 11.8 Å². The zero-order valence-corrected chi connectivity index (χ0v) is 77.1. The number of hydrogen-bond donors (Lipinski definition) is 16. The Bertz CT molecular complexity index is 5060. The standard InChI is InChI=1S/C93H131N19O22/c1-8-10-24-71-86(126)102-63(34-35-79(117)118)83(123)100-62(81(97)121)23-18-29-78(116)99-66(41-53-30-32-58(134-7)33-31-53)90(130)110-38-17-16-27-72(110)87(127)105-68(46-77(96)115)91(131)111-39-19-28-73(111)88(128)106-69(47-95)85(125)103-65(40-52(3)4)92(132)112-50-57(113)45-75(112)76(114)44-54(42-55-48-98-61-22-14-12-20-59(55)61)82(122)101-64(36-37-94)84(124)104-67(89(129)108(6)74(25-11-9-2)93(133)107(71)5)43-56-49-109(51-80(119)120)70-26-15-13-21-60(56)70/h12-15,20-22,26,30-33,48-49,52,54,57,62-69,71-75,98,113H,8-11,16-19,23-25,27-29,34-47,50-51,94-95H2,1-7H3,(H2,96,115)(H2,97,121)(H,99,116)(H,100,123)(H,101,122)(H,102,126)(H,103,125)(H,104,124)(H,105,127)(H,106,128)(H,117,118)(H,119,120)/t54-,57-,62+,63+,64+,65+,66+,67+,68+,69+,71+,72+,73+,74+,75+/m1/s1. The monoisotopic (exact) mass is 1870 g/mol. The first-order valence-corrected chi connectivity index (χ1v) is 46.1. The van der Waals surface area contributed by atoms with E-state index in [2.05, 4.69) is 47.5 Å². The van der Waals surface area contributed by atoms with Crippen molar-refractivity contribution >= 4 is 128 Å². The molecule has 6 heterocycles. The van der Waals surface area contributed by atoms with Crippen LogP contribution in [0.25, 0.3) is 21.8 Å². The van der Waals surface area contributed by atoms with E-state index in [4.69, 9.17) is 27.7 Å². The number of unbranched alkanes of at least 4 members (excludes halogenated alkanes) is 2. The molecule has 4 aliphatic rings. The maximum atomic E-state index is 15.9. The number of carbonyl (C=O) groups excluding carboxylic acids is 16. The van der Waals surface area contributed by atoms with E-state index in [0.29, 0.717) is 76.3 Å². The van der Waals surface area contributed by atoms with E-state index in [0.717, 1.165) is 19.6 Å². The average molecular weight is 1870 g/mol. The van der Waals surface area contributed by atoms with Gasteiger partial charge in [0.05, 0.1) is 25.7 Å². The predicted octanol–water partition coefficient (Wildman–Crippen LogP) is -0.171. The van der Waals surface area contributed by atoms with Gasteiger partial charge < -0.3 is 120 Å². The van der Waals surface area contributed by atoms with Crippen molar-refractivity contribution in [3.05, 3.63) is 102 Å². The summed E-state index contributed by atoms with van der Waals surface area (Å²) >= 11 is 0. The number of nitrogens with two attached hydrogens (primary N) is 4. The zero-order chi connectivity index (χ0) is 97.9. The molecule has 0 unspecified atom stereocenters. The van der Waals surface area contributed by atoms with Crippen molar-refractivity contribution in [3.63, 3.8) is 0 Å². The number of H-pyrrole nitrogens is 1. The van der Waals surface area contributed by atoms with Crippen molar-refractivity contribution in [1.82, 2.24) is 76.6 Å². The Kier molecular flexibility index (Phi) is 38.9. The molecule has 4 fully saturated rings. The molecule has 9 rings (SSSR count). The van der Waals surface area contributed by atoms with Gasteiger partial charge in [0.15, 0.2) is 5.78 Å². The molecule has 15 atom stereocenters. The third-order valence-corrected chi connectivity index (χ3v) is 25.3. The van der Waals surface area contributed by atoms with Crippen LogP contribution in [0.3, 0.4) is 0 Å².